The van der Waals surface area contributed by atoms with Crippen LogP contribution in [0.2, 0.25) is 0 Å². The average Bonchev–Trinajstić information content (AvgIpc) is 2.81. The molecule has 0 amide bonds. The molecule has 1 heteroatoms. The molecule has 1 aliphatic rings. The Morgan fingerprint density at radius 2 is 1.52 bits per heavy atom. The normalized spacial score (nSPS) is 16.3. The highest BCUT2D eigenvalue weighted by atomic mass is 14.9. The Bertz CT molecular complexity index is 1300. The lowest BCUT2D eigenvalue weighted by Gasteiger charge is -2.34. The molecular formula is C32H36N+. The molecule has 1 saturated carbocycles. The zero-order valence-corrected chi connectivity index (χ0v) is 20.8. The monoisotopic (exact) mass is 434 g/mol. The first kappa shape index (κ1) is 21.9. The maximum atomic E-state index is 2.47. The molecule has 5 rings (SSSR count). The highest BCUT2D eigenvalue weighted by Crippen LogP contribution is 2.43. The lowest BCUT2D eigenvalue weighted by molar-refractivity contribution is -0.665. The van der Waals surface area contributed by atoms with Crippen LogP contribution in [-0.4, -0.2) is 0 Å². The molecule has 1 heterocycles. The summed E-state index contributed by atoms with van der Waals surface area (Å²) in [5.41, 5.74) is 9.83. The van der Waals surface area contributed by atoms with Crippen molar-refractivity contribution >= 4 is 10.8 Å². The standard InChI is InChI=1S/C32H36N/c1-22-19-26(24-9-7-6-8-10-24)11-13-29(22)31-30-14-12-27(21-28(30)20-23(2)33(31)5)25-15-17-32(3,4)18-16-25/h6-14,19-21,25H,15-18H2,1-5H3/q+1. The van der Waals surface area contributed by atoms with Crippen molar-refractivity contribution in [2.45, 2.75) is 59.3 Å². The second-order valence-electron chi connectivity index (χ2n) is 10.9. The minimum Gasteiger partial charge on any atom is -0.198 e. The van der Waals surface area contributed by atoms with Crippen LogP contribution in [0.25, 0.3) is 33.2 Å². The number of nitrogens with zero attached hydrogens (tertiary/aromatic N) is 1. The fraction of sp³-hybridized carbons (Fsp3) is 0.344. The van der Waals surface area contributed by atoms with Gasteiger partial charge < -0.3 is 0 Å². The van der Waals surface area contributed by atoms with Gasteiger partial charge in [0.15, 0.2) is 5.69 Å². The number of fused-ring (bicyclic) bond motifs is 1. The van der Waals surface area contributed by atoms with Crippen LogP contribution in [0.15, 0.2) is 72.8 Å². The van der Waals surface area contributed by atoms with E-state index in [0.717, 1.165) is 0 Å². The van der Waals surface area contributed by atoms with Crippen LogP contribution in [0.3, 0.4) is 0 Å². The van der Waals surface area contributed by atoms with Crippen molar-refractivity contribution in [2.24, 2.45) is 12.5 Å². The van der Waals surface area contributed by atoms with Crippen LogP contribution < -0.4 is 4.57 Å². The molecule has 0 radical (unpaired) electrons. The minimum atomic E-state index is 0.508. The molecule has 3 aromatic carbocycles. The first-order chi connectivity index (χ1) is 15.8. The van der Waals surface area contributed by atoms with Gasteiger partial charge in [0.1, 0.15) is 7.05 Å². The summed E-state index contributed by atoms with van der Waals surface area (Å²) >= 11 is 0. The molecule has 0 bridgehead atoms. The third-order valence-electron chi connectivity index (χ3n) is 7.96. The van der Waals surface area contributed by atoms with Gasteiger partial charge in [-0.25, -0.2) is 0 Å². The van der Waals surface area contributed by atoms with Gasteiger partial charge in [-0.3, -0.25) is 0 Å². The third kappa shape index (κ3) is 4.22. The molecule has 168 valence electrons. The molecule has 0 spiro atoms. The maximum absolute atomic E-state index is 2.47. The van der Waals surface area contributed by atoms with Gasteiger partial charge in [0.2, 0.25) is 5.69 Å². The van der Waals surface area contributed by atoms with Gasteiger partial charge in [0, 0.05) is 18.6 Å². The zero-order valence-electron chi connectivity index (χ0n) is 20.8. The fourth-order valence-electron chi connectivity index (χ4n) is 5.65. The highest BCUT2D eigenvalue weighted by molar-refractivity contribution is 5.94. The summed E-state index contributed by atoms with van der Waals surface area (Å²) in [6.07, 6.45) is 5.28. The first-order valence-corrected chi connectivity index (χ1v) is 12.4. The van der Waals surface area contributed by atoms with Crippen LogP contribution in [-0.2, 0) is 7.05 Å². The van der Waals surface area contributed by atoms with Gasteiger partial charge in [-0.2, -0.15) is 4.57 Å². The number of benzene rings is 3. The topological polar surface area (TPSA) is 3.88 Å². The summed E-state index contributed by atoms with van der Waals surface area (Å²) in [7, 11) is 2.20. The predicted molar refractivity (Wildman–Crippen MR) is 140 cm³/mol. The Labute approximate surface area is 199 Å². The predicted octanol–water partition coefficient (Wildman–Crippen LogP) is 8.30. The van der Waals surface area contributed by atoms with Gasteiger partial charge in [-0.15, -0.1) is 0 Å². The van der Waals surface area contributed by atoms with E-state index in [9.17, 15) is 0 Å². The molecule has 4 aromatic rings. The van der Waals surface area contributed by atoms with Gasteiger partial charge in [-0.05, 0) is 83.7 Å². The largest absolute Gasteiger partial charge is 0.220 e. The van der Waals surface area contributed by atoms with Crippen molar-refractivity contribution in [2.75, 3.05) is 0 Å². The van der Waals surface area contributed by atoms with Crippen molar-refractivity contribution in [3.8, 4) is 22.4 Å². The van der Waals surface area contributed by atoms with Crippen LogP contribution in [0, 0.1) is 19.3 Å². The number of hydrogen-bond acceptors (Lipinski definition) is 0. The van der Waals surface area contributed by atoms with Crippen LogP contribution in [0.5, 0.6) is 0 Å². The molecule has 0 saturated heterocycles. The quantitative estimate of drug-likeness (QED) is 0.285. The summed E-state index contributed by atoms with van der Waals surface area (Å²) in [5, 5.41) is 2.72. The van der Waals surface area contributed by atoms with E-state index in [4.69, 9.17) is 0 Å². The van der Waals surface area contributed by atoms with E-state index in [1.807, 2.05) is 0 Å². The summed E-state index contributed by atoms with van der Waals surface area (Å²) in [6, 6.07) is 27.2. The lowest BCUT2D eigenvalue weighted by Crippen LogP contribution is -2.35. The van der Waals surface area contributed by atoms with Crippen LogP contribution in [0.4, 0.5) is 0 Å². The smallest absolute Gasteiger partial charge is 0.198 e. The Morgan fingerprint density at radius 1 is 0.788 bits per heavy atom. The Kier molecular flexibility index (Phi) is 5.60. The van der Waals surface area contributed by atoms with Crippen molar-refractivity contribution in [3.05, 3.63) is 89.6 Å². The Balaban J connectivity index is 1.58. The Morgan fingerprint density at radius 3 is 2.21 bits per heavy atom. The molecule has 1 fully saturated rings. The fourth-order valence-corrected chi connectivity index (χ4v) is 5.65. The molecule has 1 aromatic heterocycles. The van der Waals surface area contributed by atoms with Gasteiger partial charge in [0.25, 0.3) is 0 Å². The summed E-state index contributed by atoms with van der Waals surface area (Å²) in [6.45, 7) is 9.32. The molecule has 0 aliphatic heterocycles. The third-order valence-corrected chi connectivity index (χ3v) is 7.96. The van der Waals surface area contributed by atoms with Crippen LogP contribution in [0.1, 0.15) is 62.3 Å². The molecule has 33 heavy (non-hydrogen) atoms. The van der Waals surface area contributed by atoms with E-state index in [1.54, 1.807) is 0 Å². The number of aromatic nitrogens is 1. The zero-order chi connectivity index (χ0) is 23.2. The van der Waals surface area contributed by atoms with Crippen molar-refractivity contribution in [1.29, 1.82) is 0 Å². The molecule has 0 unspecified atom stereocenters. The minimum absolute atomic E-state index is 0.508. The SMILES string of the molecule is Cc1cc(-c2ccccc2)ccc1-c1c2ccc(C3CCC(C)(C)CC3)cc2cc(C)[n+]1C. The number of pyridine rings is 1. The van der Waals surface area contributed by atoms with E-state index in [-0.39, 0.29) is 0 Å². The van der Waals surface area contributed by atoms with Crippen molar-refractivity contribution in [1.82, 2.24) is 0 Å². The maximum Gasteiger partial charge on any atom is 0.220 e. The van der Waals surface area contributed by atoms with Gasteiger partial charge >= 0.3 is 0 Å². The van der Waals surface area contributed by atoms with Gasteiger partial charge in [0.05, 0.1) is 5.39 Å². The summed E-state index contributed by atoms with van der Waals surface area (Å²) in [4.78, 5) is 0. The molecule has 1 nitrogen and oxygen atoms in total. The second-order valence-corrected chi connectivity index (χ2v) is 10.9. The molecule has 1 aliphatic carbocycles. The van der Waals surface area contributed by atoms with E-state index in [2.05, 4.69) is 112 Å². The van der Waals surface area contributed by atoms with E-state index >= 15 is 0 Å². The van der Waals surface area contributed by atoms with Crippen LogP contribution >= 0.6 is 0 Å². The van der Waals surface area contributed by atoms with Crippen molar-refractivity contribution < 1.29 is 4.57 Å². The first-order valence-electron chi connectivity index (χ1n) is 12.4. The van der Waals surface area contributed by atoms with E-state index in [1.165, 1.54) is 75.7 Å². The number of aryl methyl sites for hydroxylation is 2. The Hall–Kier alpha value is -2.93. The summed E-state index contributed by atoms with van der Waals surface area (Å²) in [5.74, 6) is 0.701. The highest BCUT2D eigenvalue weighted by Gasteiger charge is 2.28. The second kappa shape index (κ2) is 8.45. The number of rotatable bonds is 3. The van der Waals surface area contributed by atoms with Gasteiger partial charge in [-0.1, -0.05) is 68.4 Å². The van der Waals surface area contributed by atoms with Crippen molar-refractivity contribution in [3.63, 3.8) is 0 Å². The average molecular weight is 435 g/mol. The molecule has 0 N–H and O–H groups in total. The van der Waals surface area contributed by atoms with E-state index < -0.39 is 0 Å². The molecule has 0 atom stereocenters. The number of hydrogen-bond donors (Lipinski definition) is 0. The van der Waals surface area contributed by atoms with E-state index in [0.29, 0.717) is 11.3 Å². The summed E-state index contributed by atoms with van der Waals surface area (Å²) < 4.78 is 2.36. The molecular weight excluding hydrogens is 398 g/mol. The lowest BCUT2D eigenvalue weighted by atomic mass is 9.71.